The number of nitrogens with zero attached hydrogens (tertiary/aromatic N) is 1. The van der Waals surface area contributed by atoms with Gasteiger partial charge in [-0.2, -0.15) is 13.5 Å². The lowest BCUT2D eigenvalue weighted by Gasteiger charge is -2.07. The molecule has 0 bridgehead atoms. The minimum atomic E-state index is -3.65. The summed E-state index contributed by atoms with van der Waals surface area (Å²) >= 11 is 0. The van der Waals surface area contributed by atoms with Crippen LogP contribution in [0.5, 0.6) is 5.75 Å². The van der Waals surface area contributed by atoms with Crippen molar-refractivity contribution in [3.05, 3.63) is 60.2 Å². The molecule has 2 aromatic rings. The maximum atomic E-state index is 12.0. The lowest BCUT2D eigenvalue weighted by Crippen LogP contribution is -2.18. The molecular formula is C16H18N2O3S. The van der Waals surface area contributed by atoms with Crippen molar-refractivity contribution in [1.82, 2.24) is 4.83 Å². The molecule has 0 saturated carbocycles. The van der Waals surface area contributed by atoms with Crippen LogP contribution in [0.2, 0.25) is 0 Å². The summed E-state index contributed by atoms with van der Waals surface area (Å²) in [6.07, 6.45) is 2.33. The quantitative estimate of drug-likeness (QED) is 0.630. The van der Waals surface area contributed by atoms with Crippen molar-refractivity contribution in [3.8, 4) is 5.75 Å². The van der Waals surface area contributed by atoms with Gasteiger partial charge in [-0.05, 0) is 30.7 Å². The van der Waals surface area contributed by atoms with E-state index in [4.69, 9.17) is 4.74 Å². The van der Waals surface area contributed by atoms with E-state index in [0.29, 0.717) is 17.9 Å². The van der Waals surface area contributed by atoms with Crippen LogP contribution >= 0.6 is 0 Å². The van der Waals surface area contributed by atoms with E-state index < -0.39 is 10.0 Å². The highest BCUT2D eigenvalue weighted by Crippen LogP contribution is 2.16. The first-order valence-electron chi connectivity index (χ1n) is 6.95. The predicted octanol–water partition coefficient (Wildman–Crippen LogP) is 2.79. The largest absolute Gasteiger partial charge is 0.493 e. The van der Waals surface area contributed by atoms with Gasteiger partial charge < -0.3 is 4.74 Å². The summed E-state index contributed by atoms with van der Waals surface area (Å²) in [5.74, 6) is 0.673. The number of nitrogens with one attached hydrogen (secondary N) is 1. The first-order chi connectivity index (χ1) is 10.6. The van der Waals surface area contributed by atoms with Gasteiger partial charge in [-0.15, -0.1) is 0 Å². The van der Waals surface area contributed by atoms with Crippen molar-refractivity contribution >= 4 is 16.2 Å². The third-order valence-electron chi connectivity index (χ3n) is 2.81. The van der Waals surface area contributed by atoms with Crippen LogP contribution in [-0.2, 0) is 10.0 Å². The maximum Gasteiger partial charge on any atom is 0.276 e. The topological polar surface area (TPSA) is 67.8 Å². The Bertz CT molecular complexity index is 728. The number of para-hydroxylation sites is 1. The Morgan fingerprint density at radius 1 is 1.09 bits per heavy atom. The van der Waals surface area contributed by atoms with Gasteiger partial charge in [-0.25, -0.2) is 4.83 Å². The Hall–Kier alpha value is -2.34. The summed E-state index contributed by atoms with van der Waals surface area (Å²) in [5, 5.41) is 3.82. The van der Waals surface area contributed by atoms with Crippen molar-refractivity contribution in [3.63, 3.8) is 0 Å². The van der Waals surface area contributed by atoms with Crippen molar-refractivity contribution in [1.29, 1.82) is 0 Å². The highest BCUT2D eigenvalue weighted by atomic mass is 32.2. The summed E-state index contributed by atoms with van der Waals surface area (Å²) in [4.78, 5) is 2.36. The Balaban J connectivity index is 2.10. The lowest BCUT2D eigenvalue weighted by atomic mass is 10.2. The second-order valence-corrected chi connectivity index (χ2v) is 6.21. The molecule has 116 valence electrons. The van der Waals surface area contributed by atoms with E-state index in [1.807, 2.05) is 31.2 Å². The minimum absolute atomic E-state index is 0.169. The number of rotatable bonds is 7. The summed E-state index contributed by atoms with van der Waals surface area (Å²) in [6.45, 7) is 2.62. The van der Waals surface area contributed by atoms with Crippen LogP contribution < -0.4 is 9.57 Å². The highest BCUT2D eigenvalue weighted by Gasteiger charge is 2.11. The van der Waals surface area contributed by atoms with Gasteiger partial charge in [0.2, 0.25) is 0 Å². The molecule has 0 aromatic heterocycles. The average molecular weight is 318 g/mol. The standard InChI is InChI=1S/C16H18N2O3S/c1-2-12-21-16-11-7-6-8-14(16)13-17-18-22(19,20)15-9-4-3-5-10-15/h3-11,13,18H,2,12H2,1H3. The molecule has 0 spiro atoms. The van der Waals surface area contributed by atoms with Crippen molar-refractivity contribution in [2.24, 2.45) is 5.10 Å². The van der Waals surface area contributed by atoms with E-state index in [2.05, 4.69) is 9.93 Å². The number of benzene rings is 2. The Morgan fingerprint density at radius 3 is 2.50 bits per heavy atom. The summed E-state index contributed by atoms with van der Waals surface area (Å²) in [6, 6.07) is 15.4. The molecule has 2 aromatic carbocycles. The van der Waals surface area contributed by atoms with E-state index in [9.17, 15) is 8.42 Å². The summed E-state index contributed by atoms with van der Waals surface area (Å²) in [5.41, 5.74) is 0.715. The SMILES string of the molecule is CCCOc1ccccc1C=NNS(=O)(=O)c1ccccc1. The van der Waals surface area contributed by atoms with E-state index >= 15 is 0 Å². The average Bonchev–Trinajstić information content (AvgIpc) is 2.54. The van der Waals surface area contributed by atoms with Crippen LogP contribution in [0.4, 0.5) is 0 Å². The van der Waals surface area contributed by atoms with Crippen molar-refractivity contribution in [2.45, 2.75) is 18.2 Å². The third-order valence-corrected chi connectivity index (χ3v) is 4.05. The fourth-order valence-corrected chi connectivity index (χ4v) is 2.56. The first kappa shape index (κ1) is 16.0. The van der Waals surface area contributed by atoms with Gasteiger partial charge in [0.15, 0.2) is 0 Å². The molecule has 0 aliphatic rings. The molecule has 0 fully saturated rings. The van der Waals surface area contributed by atoms with Gasteiger partial charge in [-0.3, -0.25) is 0 Å². The Kier molecular flexibility index (Phi) is 5.55. The van der Waals surface area contributed by atoms with E-state index in [-0.39, 0.29) is 4.90 Å². The minimum Gasteiger partial charge on any atom is -0.493 e. The van der Waals surface area contributed by atoms with Crippen LogP contribution in [0, 0.1) is 0 Å². The van der Waals surface area contributed by atoms with E-state index in [0.717, 1.165) is 6.42 Å². The number of hydrogen-bond acceptors (Lipinski definition) is 4. The molecule has 0 aliphatic heterocycles. The smallest absolute Gasteiger partial charge is 0.276 e. The normalized spacial score (nSPS) is 11.5. The van der Waals surface area contributed by atoms with Crippen LogP contribution in [0.25, 0.3) is 0 Å². The van der Waals surface area contributed by atoms with Crippen molar-refractivity contribution in [2.75, 3.05) is 6.61 Å². The highest BCUT2D eigenvalue weighted by molar-refractivity contribution is 7.89. The fraction of sp³-hybridized carbons (Fsp3) is 0.188. The van der Waals surface area contributed by atoms with Gasteiger partial charge in [0.1, 0.15) is 5.75 Å². The Labute approximate surface area is 130 Å². The van der Waals surface area contributed by atoms with Gasteiger partial charge >= 0.3 is 0 Å². The maximum absolute atomic E-state index is 12.0. The second kappa shape index (κ2) is 7.61. The number of hydrazone groups is 1. The van der Waals surface area contributed by atoms with Crippen LogP contribution in [0.15, 0.2) is 64.6 Å². The second-order valence-electron chi connectivity index (χ2n) is 4.55. The zero-order valence-corrected chi connectivity index (χ0v) is 13.1. The molecule has 0 unspecified atom stereocenters. The molecule has 1 N–H and O–H groups in total. The molecular weight excluding hydrogens is 300 g/mol. The number of hydrogen-bond donors (Lipinski definition) is 1. The number of ether oxygens (including phenoxy) is 1. The fourth-order valence-electron chi connectivity index (χ4n) is 1.75. The number of sulfonamides is 1. The molecule has 0 saturated heterocycles. The zero-order chi connectivity index (χ0) is 15.8. The molecule has 0 radical (unpaired) electrons. The molecule has 22 heavy (non-hydrogen) atoms. The van der Waals surface area contributed by atoms with Gasteiger partial charge in [0.25, 0.3) is 10.0 Å². The third kappa shape index (κ3) is 4.33. The van der Waals surface area contributed by atoms with Crippen LogP contribution in [-0.4, -0.2) is 21.2 Å². The summed E-state index contributed by atoms with van der Waals surface area (Å²) < 4.78 is 29.6. The van der Waals surface area contributed by atoms with Crippen LogP contribution in [0.1, 0.15) is 18.9 Å². The van der Waals surface area contributed by atoms with Gasteiger partial charge in [0.05, 0.1) is 17.7 Å². The summed E-state index contributed by atoms with van der Waals surface area (Å²) in [7, 11) is -3.65. The molecule has 0 heterocycles. The monoisotopic (exact) mass is 318 g/mol. The molecule has 2 rings (SSSR count). The Morgan fingerprint density at radius 2 is 1.77 bits per heavy atom. The molecule has 5 nitrogen and oxygen atoms in total. The van der Waals surface area contributed by atoms with E-state index in [1.165, 1.54) is 18.3 Å². The zero-order valence-electron chi connectivity index (χ0n) is 12.3. The molecule has 6 heteroatoms. The molecule has 0 aliphatic carbocycles. The van der Waals surface area contributed by atoms with Gasteiger partial charge in [0, 0.05) is 5.56 Å². The van der Waals surface area contributed by atoms with Gasteiger partial charge in [-0.1, -0.05) is 37.3 Å². The first-order valence-corrected chi connectivity index (χ1v) is 8.43. The van der Waals surface area contributed by atoms with E-state index in [1.54, 1.807) is 18.2 Å². The molecule has 0 amide bonds. The molecule has 0 atom stereocenters. The van der Waals surface area contributed by atoms with Crippen LogP contribution in [0.3, 0.4) is 0 Å². The van der Waals surface area contributed by atoms with Crippen molar-refractivity contribution < 1.29 is 13.2 Å². The lowest BCUT2D eigenvalue weighted by molar-refractivity contribution is 0.317. The predicted molar refractivity (Wildman–Crippen MR) is 86.6 cm³/mol.